The summed E-state index contributed by atoms with van der Waals surface area (Å²) in [4.78, 5) is 19.7. The lowest BCUT2D eigenvalue weighted by Crippen LogP contribution is -2.37. The van der Waals surface area contributed by atoms with E-state index in [2.05, 4.69) is 15.3 Å². The molecule has 3 rings (SSSR count). The average Bonchev–Trinajstić information content (AvgIpc) is 3.14. The standard InChI is InChI=1S/C15H19ClN4O2/c1-20-5-4-17-14(20)13(10-2-6-22-7-3-10)19-15(21)12-8-11(16)9-18-12/h4-5,8-10,13,18H,2-3,6-7H2,1H3,(H,19,21)/t13-/m0/s1. The van der Waals surface area contributed by atoms with E-state index in [9.17, 15) is 4.79 Å². The summed E-state index contributed by atoms with van der Waals surface area (Å²) < 4.78 is 7.37. The van der Waals surface area contributed by atoms with Crippen LogP contribution in [0.4, 0.5) is 0 Å². The number of aromatic amines is 1. The number of H-pyrrole nitrogens is 1. The molecule has 0 saturated carbocycles. The van der Waals surface area contributed by atoms with Crippen molar-refractivity contribution in [3.63, 3.8) is 0 Å². The summed E-state index contributed by atoms with van der Waals surface area (Å²) in [6, 6.07) is 1.48. The number of carbonyl (C=O) groups is 1. The monoisotopic (exact) mass is 322 g/mol. The van der Waals surface area contributed by atoms with Crippen molar-refractivity contribution in [3.8, 4) is 0 Å². The minimum atomic E-state index is -0.175. The van der Waals surface area contributed by atoms with Crippen LogP contribution in [0.5, 0.6) is 0 Å². The number of imidazole rings is 1. The van der Waals surface area contributed by atoms with Gasteiger partial charge >= 0.3 is 0 Å². The van der Waals surface area contributed by atoms with Crippen LogP contribution in [0.15, 0.2) is 24.7 Å². The van der Waals surface area contributed by atoms with Crippen LogP contribution in [0, 0.1) is 5.92 Å². The van der Waals surface area contributed by atoms with Crippen LogP contribution in [0.3, 0.4) is 0 Å². The fraction of sp³-hybridized carbons (Fsp3) is 0.467. The Morgan fingerprint density at radius 2 is 2.32 bits per heavy atom. The lowest BCUT2D eigenvalue weighted by molar-refractivity contribution is 0.0498. The molecule has 1 aliphatic heterocycles. The summed E-state index contributed by atoms with van der Waals surface area (Å²) in [6.07, 6.45) is 7.05. The summed E-state index contributed by atoms with van der Waals surface area (Å²) in [6.45, 7) is 1.44. The molecule has 6 nitrogen and oxygen atoms in total. The van der Waals surface area contributed by atoms with E-state index >= 15 is 0 Å². The maximum Gasteiger partial charge on any atom is 0.268 e. The summed E-state index contributed by atoms with van der Waals surface area (Å²) in [7, 11) is 1.94. The Morgan fingerprint density at radius 1 is 1.55 bits per heavy atom. The summed E-state index contributed by atoms with van der Waals surface area (Å²) in [5.41, 5.74) is 0.455. The first-order valence-electron chi connectivity index (χ1n) is 7.35. The predicted octanol–water partition coefficient (Wildman–Crippen LogP) is 2.30. The van der Waals surface area contributed by atoms with Crippen LogP contribution in [0.2, 0.25) is 5.02 Å². The van der Waals surface area contributed by atoms with Gasteiger partial charge < -0.3 is 19.6 Å². The highest BCUT2D eigenvalue weighted by molar-refractivity contribution is 6.30. The number of hydrogen-bond acceptors (Lipinski definition) is 3. The first kappa shape index (κ1) is 15.1. The van der Waals surface area contributed by atoms with Crippen LogP contribution in [-0.4, -0.2) is 33.7 Å². The van der Waals surface area contributed by atoms with Crippen molar-refractivity contribution in [2.75, 3.05) is 13.2 Å². The number of carbonyl (C=O) groups excluding carboxylic acids is 1. The number of nitrogens with zero attached hydrogens (tertiary/aromatic N) is 2. The van der Waals surface area contributed by atoms with Crippen LogP contribution < -0.4 is 5.32 Å². The Morgan fingerprint density at radius 3 is 2.91 bits per heavy atom. The van der Waals surface area contributed by atoms with Gasteiger partial charge in [0, 0.05) is 38.9 Å². The number of hydrogen-bond donors (Lipinski definition) is 2. The summed E-state index contributed by atoms with van der Waals surface area (Å²) in [5.74, 6) is 0.994. The Bertz CT molecular complexity index is 646. The van der Waals surface area contributed by atoms with Gasteiger partial charge in [-0.05, 0) is 24.8 Å². The van der Waals surface area contributed by atoms with Gasteiger partial charge in [-0.3, -0.25) is 4.79 Å². The molecule has 1 saturated heterocycles. The molecule has 1 aliphatic rings. The molecule has 2 aromatic rings. The minimum Gasteiger partial charge on any atom is -0.381 e. The number of amides is 1. The molecule has 3 heterocycles. The van der Waals surface area contributed by atoms with Crippen molar-refractivity contribution >= 4 is 17.5 Å². The molecule has 0 aromatic carbocycles. The second-order valence-electron chi connectivity index (χ2n) is 5.53. The molecule has 1 fully saturated rings. The van der Waals surface area contributed by atoms with Gasteiger partial charge in [-0.2, -0.15) is 0 Å². The molecule has 2 N–H and O–H groups in total. The van der Waals surface area contributed by atoms with E-state index in [0.717, 1.165) is 31.9 Å². The highest BCUT2D eigenvalue weighted by Gasteiger charge is 2.30. The first-order valence-corrected chi connectivity index (χ1v) is 7.72. The number of halogens is 1. The van der Waals surface area contributed by atoms with Gasteiger partial charge in [0.2, 0.25) is 0 Å². The molecule has 7 heteroatoms. The van der Waals surface area contributed by atoms with Crippen LogP contribution in [-0.2, 0) is 11.8 Å². The van der Waals surface area contributed by atoms with Crippen molar-refractivity contribution < 1.29 is 9.53 Å². The van der Waals surface area contributed by atoms with Crippen molar-refractivity contribution in [3.05, 3.63) is 41.2 Å². The third-order valence-electron chi connectivity index (χ3n) is 4.05. The van der Waals surface area contributed by atoms with Crippen molar-refractivity contribution in [1.82, 2.24) is 19.9 Å². The topological polar surface area (TPSA) is 71.9 Å². The molecule has 2 aromatic heterocycles. The Labute approximate surface area is 133 Å². The van der Waals surface area contributed by atoms with Gasteiger partial charge in [-0.1, -0.05) is 11.6 Å². The molecule has 1 amide bonds. The molecule has 0 bridgehead atoms. The van der Waals surface area contributed by atoms with E-state index in [-0.39, 0.29) is 11.9 Å². The van der Waals surface area contributed by atoms with Crippen molar-refractivity contribution in [2.24, 2.45) is 13.0 Å². The Kier molecular flexibility index (Phi) is 4.49. The van der Waals surface area contributed by atoms with Gasteiger partial charge in [0.1, 0.15) is 11.5 Å². The third kappa shape index (κ3) is 3.18. The van der Waals surface area contributed by atoms with E-state index in [4.69, 9.17) is 16.3 Å². The zero-order chi connectivity index (χ0) is 15.5. The maximum absolute atomic E-state index is 12.4. The Hall–Kier alpha value is -1.79. The summed E-state index contributed by atoms with van der Waals surface area (Å²) in [5, 5.41) is 3.61. The molecule has 0 spiro atoms. The van der Waals surface area contributed by atoms with E-state index in [1.807, 2.05) is 17.8 Å². The van der Waals surface area contributed by atoms with Crippen molar-refractivity contribution in [1.29, 1.82) is 0 Å². The highest BCUT2D eigenvalue weighted by atomic mass is 35.5. The van der Waals surface area contributed by atoms with E-state index in [1.54, 1.807) is 18.5 Å². The molecular formula is C15H19ClN4O2. The summed E-state index contributed by atoms with van der Waals surface area (Å²) >= 11 is 5.87. The van der Waals surface area contributed by atoms with E-state index in [1.165, 1.54) is 0 Å². The lowest BCUT2D eigenvalue weighted by atomic mass is 9.91. The normalized spacial score (nSPS) is 17.4. The second kappa shape index (κ2) is 6.54. The van der Waals surface area contributed by atoms with Crippen molar-refractivity contribution in [2.45, 2.75) is 18.9 Å². The molecule has 118 valence electrons. The molecular weight excluding hydrogens is 304 g/mol. The molecule has 1 atom stereocenters. The largest absolute Gasteiger partial charge is 0.381 e. The fourth-order valence-electron chi connectivity index (χ4n) is 2.84. The second-order valence-corrected chi connectivity index (χ2v) is 5.97. The van der Waals surface area contributed by atoms with E-state index in [0.29, 0.717) is 16.6 Å². The lowest BCUT2D eigenvalue weighted by Gasteiger charge is -2.30. The predicted molar refractivity (Wildman–Crippen MR) is 82.8 cm³/mol. The van der Waals surface area contributed by atoms with Crippen LogP contribution in [0.25, 0.3) is 0 Å². The van der Waals surface area contributed by atoms with Gasteiger partial charge in [0.05, 0.1) is 11.1 Å². The van der Waals surface area contributed by atoms with Gasteiger partial charge in [-0.15, -0.1) is 0 Å². The Balaban J connectivity index is 1.82. The zero-order valence-corrected chi connectivity index (χ0v) is 13.1. The smallest absolute Gasteiger partial charge is 0.268 e. The maximum atomic E-state index is 12.4. The number of nitrogens with one attached hydrogen (secondary N) is 2. The van der Waals surface area contributed by atoms with Gasteiger partial charge in [-0.25, -0.2) is 4.98 Å². The zero-order valence-electron chi connectivity index (χ0n) is 12.4. The van der Waals surface area contributed by atoms with Gasteiger partial charge in [0.15, 0.2) is 0 Å². The van der Waals surface area contributed by atoms with Crippen LogP contribution in [0.1, 0.15) is 35.2 Å². The SMILES string of the molecule is Cn1ccnc1[C@@H](NC(=O)c1cc(Cl)c[nH]1)C1CCOCC1. The molecule has 0 radical (unpaired) electrons. The third-order valence-corrected chi connectivity index (χ3v) is 4.27. The quantitative estimate of drug-likeness (QED) is 0.907. The highest BCUT2D eigenvalue weighted by Crippen LogP contribution is 2.29. The molecule has 22 heavy (non-hydrogen) atoms. The minimum absolute atomic E-state index is 0.140. The average molecular weight is 323 g/mol. The van der Waals surface area contributed by atoms with E-state index < -0.39 is 0 Å². The number of rotatable bonds is 4. The number of aryl methyl sites for hydroxylation is 1. The number of ether oxygens (including phenoxy) is 1. The first-order chi connectivity index (χ1) is 10.6. The molecule has 0 unspecified atom stereocenters. The fourth-order valence-corrected chi connectivity index (χ4v) is 3.00. The van der Waals surface area contributed by atoms with Gasteiger partial charge in [0.25, 0.3) is 5.91 Å². The number of aromatic nitrogens is 3. The molecule has 0 aliphatic carbocycles. The van der Waals surface area contributed by atoms with Crippen LogP contribution >= 0.6 is 11.6 Å².